The molecular weight excluding hydrogens is 1250 g/mol. The van der Waals surface area contributed by atoms with Gasteiger partial charge < -0.3 is 74.2 Å². The van der Waals surface area contributed by atoms with Crippen LogP contribution in [0.15, 0.2) is 133 Å². The summed E-state index contributed by atoms with van der Waals surface area (Å²) >= 11 is 0. The van der Waals surface area contributed by atoms with Crippen molar-refractivity contribution in [3.05, 3.63) is 172 Å². The number of amides is 1. The number of nitrogens with two attached hydrogens (primary N) is 1. The number of hydrogen-bond acceptors (Lipinski definition) is 16. The van der Waals surface area contributed by atoms with Gasteiger partial charge in [0.2, 0.25) is 12.7 Å². The molecule has 6 N–H and O–H groups in total. The Labute approximate surface area is 575 Å². The Hall–Kier alpha value is -8.73. The van der Waals surface area contributed by atoms with E-state index in [0.29, 0.717) is 44.8 Å². The van der Waals surface area contributed by atoms with E-state index < -0.39 is 29.8 Å². The third-order valence-electron chi connectivity index (χ3n) is 21.1. The summed E-state index contributed by atoms with van der Waals surface area (Å²) in [6.07, 6.45) is 3.79. The van der Waals surface area contributed by atoms with Crippen LogP contribution >= 0.6 is 0 Å². The van der Waals surface area contributed by atoms with Crippen LogP contribution in [0.25, 0.3) is 0 Å². The average Bonchev–Trinajstić information content (AvgIpc) is 1.91. The zero-order valence-electron chi connectivity index (χ0n) is 58.1. The number of hydrogen-bond donors (Lipinski definition) is 5. The van der Waals surface area contributed by atoms with Gasteiger partial charge in [0.1, 0.15) is 23.0 Å². The summed E-state index contributed by atoms with van der Waals surface area (Å²) < 4.78 is 32.4. The fourth-order valence-electron chi connectivity index (χ4n) is 15.2. The van der Waals surface area contributed by atoms with Crippen molar-refractivity contribution in [2.45, 2.75) is 114 Å². The molecule has 0 spiro atoms. The fraction of sp³-hybridized carbons (Fsp3) is 0.468. The molecule has 21 nitrogen and oxygen atoms in total. The third kappa shape index (κ3) is 17.0. The van der Waals surface area contributed by atoms with E-state index in [1.54, 1.807) is 21.3 Å². The zero-order chi connectivity index (χ0) is 70.5. The molecule has 21 heteroatoms. The van der Waals surface area contributed by atoms with Crippen LogP contribution in [0.4, 0.5) is 5.69 Å². The molecule has 526 valence electrons. The van der Waals surface area contributed by atoms with Gasteiger partial charge in [0, 0.05) is 99.2 Å². The molecule has 6 aliphatic heterocycles. The average molecular weight is 1350 g/mol. The molecule has 6 aromatic carbocycles. The van der Waals surface area contributed by atoms with Crippen molar-refractivity contribution in [1.82, 2.24) is 19.6 Å². The van der Waals surface area contributed by atoms with Gasteiger partial charge in [-0.05, 0) is 161 Å². The number of carbonyl (C=O) groups is 5. The summed E-state index contributed by atoms with van der Waals surface area (Å²) in [5.41, 5.74) is 14.0. The van der Waals surface area contributed by atoms with Crippen molar-refractivity contribution in [2.75, 3.05) is 100 Å². The molecule has 6 heterocycles. The van der Waals surface area contributed by atoms with E-state index in [9.17, 15) is 44.4 Å². The number of fused-ring (bicyclic) bond motifs is 2. The van der Waals surface area contributed by atoms with Gasteiger partial charge >= 0.3 is 23.9 Å². The number of aliphatic carboxylic acids is 4. The lowest BCUT2D eigenvalue weighted by molar-refractivity contribution is -0.144. The van der Waals surface area contributed by atoms with Crippen molar-refractivity contribution in [3.63, 3.8) is 0 Å². The number of aryl methyl sites for hydroxylation is 1. The smallest absolute Gasteiger partial charge is 0.308 e. The Morgan fingerprint density at radius 3 is 1.48 bits per heavy atom. The normalized spacial score (nSPS) is 24.7. The number of methoxy groups -OCH3 is 3. The van der Waals surface area contributed by atoms with E-state index in [4.69, 9.17) is 34.2 Å². The molecule has 4 saturated heterocycles. The molecule has 0 unspecified atom stereocenters. The summed E-state index contributed by atoms with van der Waals surface area (Å²) in [4.78, 5) is 71.6. The van der Waals surface area contributed by atoms with Crippen LogP contribution in [-0.4, -0.2) is 189 Å². The summed E-state index contributed by atoms with van der Waals surface area (Å²) in [5, 5.41) is 38.8. The summed E-state index contributed by atoms with van der Waals surface area (Å²) in [7, 11) is 10.8. The van der Waals surface area contributed by atoms with Gasteiger partial charge in [-0.2, -0.15) is 0 Å². The summed E-state index contributed by atoms with van der Waals surface area (Å²) in [6, 6.07) is 42.6. The second-order valence-corrected chi connectivity index (χ2v) is 26.7. The van der Waals surface area contributed by atoms with Crippen molar-refractivity contribution in [2.24, 2.45) is 29.4 Å². The van der Waals surface area contributed by atoms with Crippen molar-refractivity contribution >= 4 is 35.5 Å². The predicted molar refractivity (Wildman–Crippen MR) is 374 cm³/mol. The van der Waals surface area contributed by atoms with E-state index in [0.717, 1.165) is 112 Å². The van der Waals surface area contributed by atoms with Gasteiger partial charge in [0.15, 0.2) is 11.5 Å². The van der Waals surface area contributed by atoms with Crippen LogP contribution in [0.2, 0.25) is 0 Å². The predicted octanol–water partition coefficient (Wildman–Crippen LogP) is 10.2. The van der Waals surface area contributed by atoms with Crippen LogP contribution < -0.4 is 39.1 Å². The molecule has 6 aliphatic rings. The third-order valence-corrected chi connectivity index (χ3v) is 21.1. The molecule has 0 aromatic heterocycles. The molecule has 6 aromatic rings. The largest absolute Gasteiger partial charge is 0.497 e. The van der Waals surface area contributed by atoms with E-state index in [1.807, 2.05) is 174 Å². The van der Waals surface area contributed by atoms with Gasteiger partial charge in [-0.25, -0.2) is 0 Å². The van der Waals surface area contributed by atoms with Crippen molar-refractivity contribution in [1.29, 1.82) is 0 Å². The van der Waals surface area contributed by atoms with E-state index in [-0.39, 0.29) is 84.8 Å². The number of carbonyl (C=O) groups excluding carboxylic acids is 1. The number of nitrogens with zero attached hydrogens (tertiary/aromatic N) is 5. The summed E-state index contributed by atoms with van der Waals surface area (Å²) in [5.74, 6) is -0.165. The van der Waals surface area contributed by atoms with Gasteiger partial charge in [-0.1, -0.05) is 86.1 Å². The standard InChI is InChI=1S/C35H41N3O6.3C14H19NO3/c1-2-3-15-38(27-8-4-6-23(17-27)19-36)32(39)21-37-20-28(25-11-13-30-26(18-25)14-16-42-30)33(35(40)41)29(37)12-10-24-7-5-9-31-34(24)44-22-43-31;3*1-9-13(14(16)17)12(8-15(9)2)10-4-6-11(18-3)7-5-10/h4-9,11,13,17-18,28-29,33H,2-3,10,12,14-16,19-22,36H2,1H3,(H,40,41);3*4-7,9,12-13H,8H2,1-3H3,(H,16,17)/t28-,29+,33-;3*9-,12+,13-/m1000/s1. The molecule has 4 fully saturated rings. The first-order valence-corrected chi connectivity index (χ1v) is 34.0. The number of likely N-dealkylation sites (tertiary alicyclic amines) is 4. The Kier molecular flexibility index (Phi) is 25.3. The first-order chi connectivity index (χ1) is 47.1. The molecule has 12 atom stereocenters. The number of unbranched alkanes of at least 4 members (excludes halogenated alkanes) is 1. The zero-order valence-corrected chi connectivity index (χ0v) is 58.1. The molecule has 1 amide bonds. The van der Waals surface area contributed by atoms with E-state index in [1.165, 1.54) is 0 Å². The van der Waals surface area contributed by atoms with Gasteiger partial charge in [-0.3, -0.25) is 28.9 Å². The first-order valence-electron chi connectivity index (χ1n) is 34.0. The lowest BCUT2D eigenvalue weighted by Crippen LogP contribution is -2.44. The van der Waals surface area contributed by atoms with Crippen molar-refractivity contribution < 1.29 is 72.8 Å². The van der Waals surface area contributed by atoms with Gasteiger partial charge in [0.05, 0.1) is 58.2 Å². The number of para-hydroxylation sites is 1. The first kappa shape index (κ1) is 73.5. The SMILES string of the molecule is CCCCN(C(=O)CN1C[C@H](c2ccc3c(c2)CCO3)[C@@H](C(=O)O)[C@@H]1CCc1cccc2c1OCO2)c1cccc(CN)c1.COc1ccc([C@H]2CN(C)[C@@H](C)[C@@H]2C(=O)O)cc1.COc1ccc([C@H]2CN(C)[C@@H](C)[C@@H]2C(=O)O)cc1.COc1ccc([C@H]2CN(C)[C@@H](C)[C@@H]2C(=O)O)cc1. The summed E-state index contributed by atoms with van der Waals surface area (Å²) in [6.45, 7) is 12.8. The molecule has 0 saturated carbocycles. The topological polar surface area (TPSA) is 264 Å². The number of anilines is 1. The van der Waals surface area contributed by atoms with Crippen LogP contribution in [-0.2, 0) is 43.4 Å². The maximum Gasteiger partial charge on any atom is 0.308 e. The lowest BCUT2D eigenvalue weighted by atomic mass is 9.83. The van der Waals surface area contributed by atoms with Crippen LogP contribution in [0, 0.1) is 23.7 Å². The number of ether oxygens (including phenoxy) is 6. The van der Waals surface area contributed by atoms with Crippen LogP contribution in [0.1, 0.15) is 110 Å². The van der Waals surface area contributed by atoms with Gasteiger partial charge in [-0.15, -0.1) is 0 Å². The van der Waals surface area contributed by atoms with Gasteiger partial charge in [0.25, 0.3) is 0 Å². The highest BCUT2D eigenvalue weighted by molar-refractivity contribution is 5.95. The van der Waals surface area contributed by atoms with Crippen LogP contribution in [0.5, 0.6) is 34.5 Å². The second-order valence-electron chi connectivity index (χ2n) is 26.7. The Balaban J connectivity index is 0.000000172. The lowest BCUT2D eigenvalue weighted by Gasteiger charge is -2.30. The molecule has 12 rings (SSSR count). The van der Waals surface area contributed by atoms with Crippen molar-refractivity contribution in [3.8, 4) is 34.5 Å². The monoisotopic (exact) mass is 1350 g/mol. The maximum absolute atomic E-state index is 14.1. The molecule has 98 heavy (non-hydrogen) atoms. The molecule has 0 radical (unpaired) electrons. The number of likely N-dealkylation sites (N-methyl/N-ethyl adjacent to an activating group) is 3. The number of rotatable bonds is 21. The maximum atomic E-state index is 14.1. The Morgan fingerprint density at radius 1 is 0.551 bits per heavy atom. The quantitative estimate of drug-likeness (QED) is 0.0448. The highest BCUT2D eigenvalue weighted by Gasteiger charge is 2.49. The minimum absolute atomic E-state index is 0.0397. The van der Waals surface area contributed by atoms with E-state index in [2.05, 4.69) is 32.6 Å². The number of carboxylic acids is 4. The van der Waals surface area contributed by atoms with E-state index >= 15 is 0 Å². The Bertz CT molecular complexity index is 3470. The number of benzene rings is 6. The fourth-order valence-corrected chi connectivity index (χ4v) is 15.2. The minimum atomic E-state index is -0.844. The number of carboxylic acid groups (broad SMARTS) is 4. The molecular formula is C77H98N6O15. The Morgan fingerprint density at radius 2 is 1.02 bits per heavy atom. The molecule has 0 aliphatic carbocycles. The highest BCUT2D eigenvalue weighted by Crippen LogP contribution is 2.45. The highest BCUT2D eigenvalue weighted by atomic mass is 16.7. The molecule has 0 bridgehead atoms. The minimum Gasteiger partial charge on any atom is -0.497 e. The second kappa shape index (κ2) is 33.7. The van der Waals surface area contributed by atoms with Crippen LogP contribution in [0.3, 0.4) is 0 Å².